The van der Waals surface area contributed by atoms with Crippen molar-refractivity contribution < 1.29 is 14.3 Å². The largest absolute Gasteiger partial charge is 0.494 e. The van der Waals surface area contributed by atoms with E-state index in [-0.39, 0.29) is 0 Å². The van der Waals surface area contributed by atoms with Crippen molar-refractivity contribution in [3.05, 3.63) is 36.4 Å². The molecular weight excluding hydrogens is 268 g/mol. The van der Waals surface area contributed by atoms with Crippen molar-refractivity contribution in [1.29, 1.82) is 0 Å². The molecule has 5 nitrogen and oxygen atoms in total. The minimum absolute atomic E-state index is 0.432. The molecule has 1 fully saturated rings. The predicted molar refractivity (Wildman–Crippen MR) is 81.4 cm³/mol. The molecule has 0 N–H and O–H groups in total. The summed E-state index contributed by atoms with van der Waals surface area (Å²) in [4.78, 5) is 27.3. The highest BCUT2D eigenvalue weighted by Gasteiger charge is 2.33. The Kier molecular flexibility index (Phi) is 4.62. The molecule has 0 atom stereocenters. The van der Waals surface area contributed by atoms with Gasteiger partial charge in [0.25, 0.3) is 0 Å². The number of ether oxygens (including phenoxy) is 1. The average molecular weight is 288 g/mol. The van der Waals surface area contributed by atoms with Gasteiger partial charge >= 0.3 is 11.8 Å². The first-order valence-corrected chi connectivity index (χ1v) is 7.01. The highest BCUT2D eigenvalue weighted by atomic mass is 16.5. The minimum Gasteiger partial charge on any atom is -0.494 e. The highest BCUT2D eigenvalue weighted by Crippen LogP contribution is 2.22. The number of carbonyl (C=O) groups excluding carboxylic acids is 2. The van der Waals surface area contributed by atoms with Gasteiger partial charge in [-0.05, 0) is 38.1 Å². The van der Waals surface area contributed by atoms with E-state index in [1.165, 1.54) is 9.80 Å². The molecule has 0 bridgehead atoms. The second-order valence-corrected chi connectivity index (χ2v) is 5.07. The van der Waals surface area contributed by atoms with Gasteiger partial charge in [-0.15, -0.1) is 0 Å². The Balaban J connectivity index is 2.10. The molecule has 1 aliphatic heterocycles. The van der Waals surface area contributed by atoms with Gasteiger partial charge in [-0.2, -0.15) is 0 Å². The Bertz CT molecular complexity index is 551. The molecule has 1 aliphatic rings. The van der Waals surface area contributed by atoms with E-state index in [2.05, 4.69) is 6.58 Å². The van der Waals surface area contributed by atoms with E-state index < -0.39 is 11.8 Å². The summed E-state index contributed by atoms with van der Waals surface area (Å²) in [6.45, 7) is 9.57. The lowest BCUT2D eigenvalue weighted by atomic mass is 10.2. The molecule has 0 radical (unpaired) electrons. The molecule has 0 aromatic heterocycles. The van der Waals surface area contributed by atoms with Crippen LogP contribution in [-0.4, -0.2) is 43.0 Å². The van der Waals surface area contributed by atoms with Crippen molar-refractivity contribution in [3.63, 3.8) is 0 Å². The number of piperazine rings is 1. The number of amides is 2. The second kappa shape index (κ2) is 6.43. The first-order valence-electron chi connectivity index (χ1n) is 7.01. The molecule has 2 rings (SSSR count). The normalized spacial score (nSPS) is 15.3. The lowest BCUT2D eigenvalue weighted by Crippen LogP contribution is -2.54. The van der Waals surface area contributed by atoms with Crippen LogP contribution < -0.4 is 9.64 Å². The van der Waals surface area contributed by atoms with Gasteiger partial charge in [-0.3, -0.25) is 9.59 Å². The van der Waals surface area contributed by atoms with E-state index in [1.54, 1.807) is 24.3 Å². The number of hydrogen-bond donors (Lipinski definition) is 0. The molecule has 5 heteroatoms. The number of anilines is 1. The van der Waals surface area contributed by atoms with Gasteiger partial charge < -0.3 is 14.5 Å². The quantitative estimate of drug-likeness (QED) is 0.613. The van der Waals surface area contributed by atoms with Crippen LogP contribution in [0.25, 0.3) is 0 Å². The van der Waals surface area contributed by atoms with E-state index in [0.717, 1.165) is 11.3 Å². The van der Waals surface area contributed by atoms with Gasteiger partial charge in [-0.25, -0.2) is 0 Å². The summed E-state index contributed by atoms with van der Waals surface area (Å²) in [5.74, 6) is -0.217. The first kappa shape index (κ1) is 15.1. The predicted octanol–water partition coefficient (Wildman–Crippen LogP) is 1.84. The fourth-order valence-electron chi connectivity index (χ4n) is 2.29. The van der Waals surface area contributed by atoms with Gasteiger partial charge in [0.15, 0.2) is 0 Å². The van der Waals surface area contributed by atoms with E-state index in [4.69, 9.17) is 4.74 Å². The van der Waals surface area contributed by atoms with Crippen molar-refractivity contribution >= 4 is 17.5 Å². The summed E-state index contributed by atoms with van der Waals surface area (Å²) in [5.41, 5.74) is 1.58. The van der Waals surface area contributed by atoms with Gasteiger partial charge in [0.1, 0.15) is 5.75 Å². The molecule has 0 aliphatic carbocycles. The fourth-order valence-corrected chi connectivity index (χ4v) is 2.29. The molecular formula is C16H20N2O3. The minimum atomic E-state index is -0.494. The lowest BCUT2D eigenvalue weighted by Gasteiger charge is -2.33. The molecule has 0 spiro atoms. The van der Waals surface area contributed by atoms with Crippen molar-refractivity contribution in [3.8, 4) is 5.75 Å². The maximum absolute atomic E-state index is 12.2. The number of rotatable bonds is 5. The van der Waals surface area contributed by atoms with Crippen molar-refractivity contribution in [2.24, 2.45) is 0 Å². The summed E-state index contributed by atoms with van der Waals surface area (Å²) < 4.78 is 5.37. The zero-order chi connectivity index (χ0) is 15.4. The Morgan fingerprint density at radius 3 is 2.43 bits per heavy atom. The maximum Gasteiger partial charge on any atom is 0.316 e. The van der Waals surface area contributed by atoms with E-state index in [1.807, 2.05) is 13.8 Å². The van der Waals surface area contributed by atoms with Crippen molar-refractivity contribution in [2.45, 2.75) is 13.8 Å². The monoisotopic (exact) mass is 288 g/mol. The molecule has 112 valence electrons. The third-order valence-electron chi connectivity index (χ3n) is 3.23. The summed E-state index contributed by atoms with van der Waals surface area (Å²) in [5, 5.41) is 0. The van der Waals surface area contributed by atoms with E-state index >= 15 is 0 Å². The smallest absolute Gasteiger partial charge is 0.316 e. The first-order chi connectivity index (χ1) is 10.0. The average Bonchev–Trinajstić information content (AvgIpc) is 2.45. The Labute approximate surface area is 124 Å². The third kappa shape index (κ3) is 3.42. The zero-order valence-electron chi connectivity index (χ0n) is 12.5. The summed E-state index contributed by atoms with van der Waals surface area (Å²) in [6, 6.07) is 7.20. The van der Waals surface area contributed by atoms with Crippen LogP contribution in [0, 0.1) is 0 Å². The van der Waals surface area contributed by atoms with Gasteiger partial charge in [0, 0.05) is 25.3 Å². The molecule has 0 unspecified atom stereocenters. The van der Waals surface area contributed by atoms with Crippen LogP contribution >= 0.6 is 0 Å². The van der Waals surface area contributed by atoms with Crippen LogP contribution in [0.4, 0.5) is 5.69 Å². The summed E-state index contributed by atoms with van der Waals surface area (Å²) in [7, 11) is 0. The van der Waals surface area contributed by atoms with Crippen molar-refractivity contribution in [2.75, 3.05) is 31.1 Å². The van der Waals surface area contributed by atoms with Crippen LogP contribution in [0.1, 0.15) is 13.8 Å². The van der Waals surface area contributed by atoms with E-state index in [0.29, 0.717) is 31.9 Å². The zero-order valence-corrected chi connectivity index (χ0v) is 12.5. The second-order valence-electron chi connectivity index (χ2n) is 5.07. The summed E-state index contributed by atoms with van der Waals surface area (Å²) in [6.07, 6.45) is 0. The van der Waals surface area contributed by atoms with E-state index in [9.17, 15) is 9.59 Å². The SMILES string of the molecule is C=C(C)CN1CCN(c2ccc(OCC)cc2)C(=O)C1=O. The molecule has 1 saturated heterocycles. The Morgan fingerprint density at radius 1 is 1.19 bits per heavy atom. The molecule has 2 amide bonds. The van der Waals surface area contributed by atoms with Crippen LogP contribution in [0.15, 0.2) is 36.4 Å². The summed E-state index contributed by atoms with van der Waals surface area (Å²) >= 11 is 0. The Morgan fingerprint density at radius 2 is 1.86 bits per heavy atom. The third-order valence-corrected chi connectivity index (χ3v) is 3.23. The molecule has 1 heterocycles. The highest BCUT2D eigenvalue weighted by molar-refractivity contribution is 6.41. The number of benzene rings is 1. The van der Waals surface area contributed by atoms with Crippen LogP contribution in [0.5, 0.6) is 5.75 Å². The van der Waals surface area contributed by atoms with Crippen molar-refractivity contribution in [1.82, 2.24) is 4.90 Å². The number of nitrogens with zero attached hydrogens (tertiary/aromatic N) is 2. The molecule has 1 aromatic rings. The molecule has 1 aromatic carbocycles. The molecule has 21 heavy (non-hydrogen) atoms. The lowest BCUT2D eigenvalue weighted by molar-refractivity contribution is -0.145. The molecule has 0 saturated carbocycles. The topological polar surface area (TPSA) is 49.9 Å². The van der Waals surface area contributed by atoms with Gasteiger partial charge in [-0.1, -0.05) is 12.2 Å². The van der Waals surface area contributed by atoms with Gasteiger partial charge in [0.2, 0.25) is 0 Å². The standard InChI is InChI=1S/C16H20N2O3/c1-4-21-14-7-5-13(6-8-14)18-10-9-17(11-12(2)3)15(19)16(18)20/h5-8H,2,4,9-11H2,1,3H3. The number of carbonyl (C=O) groups is 2. The fraction of sp³-hybridized carbons (Fsp3) is 0.375. The number of hydrogen-bond acceptors (Lipinski definition) is 3. The van der Waals surface area contributed by atoms with Crippen LogP contribution in [0.3, 0.4) is 0 Å². The Hall–Kier alpha value is -2.30. The van der Waals surface area contributed by atoms with Crippen LogP contribution in [0.2, 0.25) is 0 Å². The van der Waals surface area contributed by atoms with Crippen LogP contribution in [-0.2, 0) is 9.59 Å². The maximum atomic E-state index is 12.2. The van der Waals surface area contributed by atoms with Gasteiger partial charge in [0.05, 0.1) is 6.61 Å².